The monoisotopic (exact) mass is 234 g/mol. The summed E-state index contributed by atoms with van der Waals surface area (Å²) in [6.07, 6.45) is 1.92. The molecule has 1 unspecified atom stereocenters. The van der Waals surface area contributed by atoms with Gasteiger partial charge in [0, 0.05) is 18.7 Å². The summed E-state index contributed by atoms with van der Waals surface area (Å²) >= 11 is 0. The first kappa shape index (κ1) is 13.7. The van der Waals surface area contributed by atoms with Crippen molar-refractivity contribution in [1.82, 2.24) is 0 Å². The molecule has 0 aromatic heterocycles. The van der Waals surface area contributed by atoms with E-state index in [0.717, 1.165) is 18.5 Å². The van der Waals surface area contributed by atoms with Crippen LogP contribution in [0, 0.1) is 5.92 Å². The van der Waals surface area contributed by atoms with E-state index >= 15 is 0 Å². The normalized spacial score (nSPS) is 12.5. The largest absolute Gasteiger partial charge is 0.327 e. The Morgan fingerprint density at radius 2 is 1.88 bits per heavy atom. The van der Waals surface area contributed by atoms with Crippen molar-refractivity contribution in [2.45, 2.75) is 39.7 Å². The number of carbonyl (C=O) groups is 1. The van der Waals surface area contributed by atoms with E-state index in [9.17, 15) is 4.79 Å². The zero-order valence-corrected chi connectivity index (χ0v) is 10.9. The van der Waals surface area contributed by atoms with Crippen molar-refractivity contribution in [3.63, 3.8) is 0 Å². The number of carbonyl (C=O) groups excluding carboxylic acids is 1. The quantitative estimate of drug-likeness (QED) is 0.822. The summed E-state index contributed by atoms with van der Waals surface area (Å²) in [6.45, 7) is 5.87. The van der Waals surface area contributed by atoms with E-state index in [0.29, 0.717) is 5.92 Å². The van der Waals surface area contributed by atoms with Gasteiger partial charge in [0.1, 0.15) is 0 Å². The minimum absolute atomic E-state index is 0.0470. The molecule has 0 aliphatic heterocycles. The lowest BCUT2D eigenvalue weighted by molar-refractivity contribution is -0.114. The van der Waals surface area contributed by atoms with Gasteiger partial charge in [0.25, 0.3) is 0 Å². The number of anilines is 1. The van der Waals surface area contributed by atoms with Crippen LogP contribution in [0.3, 0.4) is 0 Å². The van der Waals surface area contributed by atoms with Crippen LogP contribution in [0.1, 0.15) is 32.8 Å². The van der Waals surface area contributed by atoms with Crippen LogP contribution in [0.4, 0.5) is 5.69 Å². The lowest BCUT2D eigenvalue weighted by Crippen LogP contribution is -2.24. The summed E-state index contributed by atoms with van der Waals surface area (Å²) < 4.78 is 0. The average Bonchev–Trinajstić information content (AvgIpc) is 2.18. The molecule has 0 aliphatic carbocycles. The Morgan fingerprint density at radius 3 is 2.35 bits per heavy atom. The van der Waals surface area contributed by atoms with Crippen molar-refractivity contribution in [2.75, 3.05) is 5.32 Å². The third-order valence-corrected chi connectivity index (χ3v) is 2.55. The maximum Gasteiger partial charge on any atom is 0.221 e. The van der Waals surface area contributed by atoms with Gasteiger partial charge in [-0.25, -0.2) is 0 Å². The van der Waals surface area contributed by atoms with Crippen LogP contribution in [0.25, 0.3) is 0 Å². The molecule has 0 saturated carbocycles. The van der Waals surface area contributed by atoms with Crippen molar-refractivity contribution < 1.29 is 4.79 Å². The van der Waals surface area contributed by atoms with Crippen molar-refractivity contribution in [3.05, 3.63) is 29.8 Å². The maximum atomic E-state index is 10.9. The molecular weight excluding hydrogens is 212 g/mol. The van der Waals surface area contributed by atoms with Gasteiger partial charge in [0.05, 0.1) is 0 Å². The molecule has 3 N–H and O–H groups in total. The van der Waals surface area contributed by atoms with Crippen molar-refractivity contribution in [3.8, 4) is 0 Å². The van der Waals surface area contributed by atoms with Gasteiger partial charge >= 0.3 is 0 Å². The minimum atomic E-state index is -0.0470. The van der Waals surface area contributed by atoms with Crippen LogP contribution in [0.5, 0.6) is 0 Å². The van der Waals surface area contributed by atoms with E-state index in [-0.39, 0.29) is 11.9 Å². The van der Waals surface area contributed by atoms with Crippen LogP contribution in [0.15, 0.2) is 24.3 Å². The number of hydrogen-bond donors (Lipinski definition) is 2. The van der Waals surface area contributed by atoms with Gasteiger partial charge in [-0.15, -0.1) is 0 Å². The summed E-state index contributed by atoms with van der Waals surface area (Å²) in [5.41, 5.74) is 8.10. The highest BCUT2D eigenvalue weighted by Crippen LogP contribution is 2.13. The Kier molecular flexibility index (Phi) is 5.16. The molecule has 1 aromatic carbocycles. The maximum absolute atomic E-state index is 10.9. The van der Waals surface area contributed by atoms with Crippen LogP contribution >= 0.6 is 0 Å². The van der Waals surface area contributed by atoms with E-state index in [1.807, 2.05) is 24.3 Å². The highest BCUT2D eigenvalue weighted by Gasteiger charge is 2.06. The molecule has 1 aromatic rings. The minimum Gasteiger partial charge on any atom is -0.327 e. The first-order chi connectivity index (χ1) is 7.97. The van der Waals surface area contributed by atoms with Crippen molar-refractivity contribution in [1.29, 1.82) is 0 Å². The predicted molar refractivity (Wildman–Crippen MR) is 71.9 cm³/mol. The van der Waals surface area contributed by atoms with Gasteiger partial charge in [0.2, 0.25) is 5.91 Å². The molecule has 0 radical (unpaired) electrons. The van der Waals surface area contributed by atoms with E-state index < -0.39 is 0 Å². The summed E-state index contributed by atoms with van der Waals surface area (Å²) in [5.74, 6) is 0.581. The summed E-state index contributed by atoms with van der Waals surface area (Å²) in [4.78, 5) is 10.9. The first-order valence-corrected chi connectivity index (χ1v) is 6.09. The van der Waals surface area contributed by atoms with E-state index in [1.54, 1.807) is 0 Å². The lowest BCUT2D eigenvalue weighted by Gasteiger charge is -2.14. The SMILES string of the molecule is CC(=O)Nc1ccc(CC(N)CC(C)C)cc1. The molecule has 0 heterocycles. The second kappa shape index (κ2) is 6.40. The second-order valence-electron chi connectivity index (χ2n) is 4.97. The highest BCUT2D eigenvalue weighted by atomic mass is 16.1. The number of benzene rings is 1. The fourth-order valence-corrected chi connectivity index (χ4v) is 1.92. The Balaban J connectivity index is 2.53. The van der Waals surface area contributed by atoms with Gasteiger partial charge in [-0.1, -0.05) is 26.0 Å². The average molecular weight is 234 g/mol. The summed E-state index contributed by atoms with van der Waals surface area (Å²) in [5, 5.41) is 2.75. The fraction of sp³-hybridized carbons (Fsp3) is 0.500. The Labute approximate surface area is 103 Å². The Hall–Kier alpha value is -1.35. The molecular formula is C14H22N2O. The van der Waals surface area contributed by atoms with Gasteiger partial charge in [-0.2, -0.15) is 0 Å². The van der Waals surface area contributed by atoms with Crippen LogP contribution < -0.4 is 11.1 Å². The van der Waals surface area contributed by atoms with Crippen LogP contribution in [-0.2, 0) is 11.2 Å². The van der Waals surface area contributed by atoms with Crippen molar-refractivity contribution >= 4 is 11.6 Å². The van der Waals surface area contributed by atoms with Gasteiger partial charge in [0.15, 0.2) is 0 Å². The smallest absolute Gasteiger partial charge is 0.221 e. The highest BCUT2D eigenvalue weighted by molar-refractivity contribution is 5.88. The fourth-order valence-electron chi connectivity index (χ4n) is 1.92. The summed E-state index contributed by atoms with van der Waals surface area (Å²) in [6, 6.07) is 8.08. The molecule has 0 aliphatic rings. The molecule has 0 bridgehead atoms. The standard InChI is InChI=1S/C14H22N2O/c1-10(2)8-13(15)9-12-4-6-14(7-5-12)16-11(3)17/h4-7,10,13H,8-9,15H2,1-3H3,(H,16,17). The topological polar surface area (TPSA) is 55.1 Å². The predicted octanol–water partition coefficient (Wildman–Crippen LogP) is 2.56. The molecule has 1 amide bonds. The third kappa shape index (κ3) is 5.50. The number of hydrogen-bond acceptors (Lipinski definition) is 2. The molecule has 94 valence electrons. The van der Waals surface area contributed by atoms with Crippen LogP contribution in [0.2, 0.25) is 0 Å². The third-order valence-electron chi connectivity index (χ3n) is 2.55. The number of amides is 1. The molecule has 0 saturated heterocycles. The van der Waals surface area contributed by atoms with E-state index in [1.165, 1.54) is 12.5 Å². The zero-order valence-electron chi connectivity index (χ0n) is 10.9. The van der Waals surface area contributed by atoms with Crippen molar-refractivity contribution in [2.24, 2.45) is 11.7 Å². The summed E-state index contributed by atoms with van der Waals surface area (Å²) in [7, 11) is 0. The number of rotatable bonds is 5. The molecule has 0 fully saturated rings. The Bertz CT molecular complexity index is 357. The molecule has 17 heavy (non-hydrogen) atoms. The van der Waals surface area contributed by atoms with Gasteiger partial charge < -0.3 is 11.1 Å². The lowest BCUT2D eigenvalue weighted by atomic mass is 9.98. The molecule has 1 rings (SSSR count). The number of nitrogens with one attached hydrogen (secondary N) is 1. The molecule has 3 nitrogen and oxygen atoms in total. The zero-order chi connectivity index (χ0) is 12.8. The van der Waals surface area contributed by atoms with Crippen LogP contribution in [-0.4, -0.2) is 11.9 Å². The van der Waals surface area contributed by atoms with Gasteiger partial charge in [-0.3, -0.25) is 4.79 Å². The Morgan fingerprint density at radius 1 is 1.29 bits per heavy atom. The van der Waals surface area contributed by atoms with E-state index in [2.05, 4.69) is 19.2 Å². The number of nitrogens with two attached hydrogens (primary N) is 1. The molecule has 0 spiro atoms. The molecule has 3 heteroatoms. The molecule has 1 atom stereocenters. The van der Waals surface area contributed by atoms with Gasteiger partial charge in [-0.05, 0) is 36.5 Å². The first-order valence-electron chi connectivity index (χ1n) is 6.09. The second-order valence-corrected chi connectivity index (χ2v) is 4.97. The van der Waals surface area contributed by atoms with E-state index in [4.69, 9.17) is 5.73 Å².